The fourth-order valence-electron chi connectivity index (χ4n) is 2.31. The Bertz CT molecular complexity index is 345. The molecule has 1 aromatic rings. The van der Waals surface area contributed by atoms with Gasteiger partial charge in [-0.05, 0) is 32.6 Å². The molecule has 0 saturated carbocycles. The van der Waals surface area contributed by atoms with Crippen LogP contribution in [0.1, 0.15) is 38.6 Å². The number of hydrogen-bond acceptors (Lipinski definition) is 4. The van der Waals surface area contributed by atoms with E-state index in [1.807, 2.05) is 4.68 Å². The number of ether oxygens (including phenoxy) is 1. The lowest BCUT2D eigenvalue weighted by atomic mass is 9.92. The van der Waals surface area contributed by atoms with Gasteiger partial charge in [0.25, 0.3) is 0 Å². The number of rotatable bonds is 4. The predicted octanol–water partition coefficient (Wildman–Crippen LogP) is 1.19. The van der Waals surface area contributed by atoms with Gasteiger partial charge in [-0.2, -0.15) is 5.10 Å². The summed E-state index contributed by atoms with van der Waals surface area (Å²) in [4.78, 5) is 4.23. The van der Waals surface area contributed by atoms with E-state index in [-0.39, 0.29) is 12.1 Å². The largest absolute Gasteiger partial charge is 0.392 e. The minimum atomic E-state index is -0.333. The third kappa shape index (κ3) is 3.04. The van der Waals surface area contributed by atoms with Crippen LogP contribution in [0.3, 0.4) is 0 Å². The van der Waals surface area contributed by atoms with Gasteiger partial charge in [0.05, 0.1) is 6.10 Å². The Labute approximate surface area is 102 Å². The lowest BCUT2D eigenvalue weighted by molar-refractivity contribution is 0.00725. The van der Waals surface area contributed by atoms with E-state index in [0.29, 0.717) is 12.3 Å². The molecule has 0 spiro atoms. The molecular formula is C12H21N3O2. The summed E-state index contributed by atoms with van der Waals surface area (Å²) in [5.41, 5.74) is 0. The zero-order valence-electron chi connectivity index (χ0n) is 10.5. The van der Waals surface area contributed by atoms with Crippen molar-refractivity contribution >= 4 is 0 Å². The van der Waals surface area contributed by atoms with Gasteiger partial charge in [0.1, 0.15) is 12.2 Å². The van der Waals surface area contributed by atoms with Gasteiger partial charge in [0.2, 0.25) is 0 Å². The van der Waals surface area contributed by atoms with Crippen molar-refractivity contribution in [3.63, 3.8) is 0 Å². The van der Waals surface area contributed by atoms with Crippen molar-refractivity contribution in [1.82, 2.24) is 14.8 Å². The topological polar surface area (TPSA) is 60.2 Å². The van der Waals surface area contributed by atoms with Crippen molar-refractivity contribution in [3.05, 3.63) is 12.2 Å². The number of aliphatic hydroxyl groups excluding tert-OH is 1. The molecule has 1 saturated heterocycles. The number of nitrogens with zero attached hydrogens (tertiary/aromatic N) is 3. The van der Waals surface area contributed by atoms with Gasteiger partial charge in [0, 0.05) is 25.7 Å². The highest BCUT2D eigenvalue weighted by Gasteiger charge is 2.24. The summed E-state index contributed by atoms with van der Waals surface area (Å²) >= 11 is 0. The molecule has 5 heteroatoms. The monoisotopic (exact) mass is 239 g/mol. The first-order valence-corrected chi connectivity index (χ1v) is 6.32. The van der Waals surface area contributed by atoms with Crippen LogP contribution in [-0.2, 0) is 11.2 Å². The van der Waals surface area contributed by atoms with Crippen LogP contribution < -0.4 is 0 Å². The number of aliphatic hydroxyl groups is 1. The molecule has 1 aliphatic rings. The smallest absolute Gasteiger partial charge is 0.138 e. The summed E-state index contributed by atoms with van der Waals surface area (Å²) in [7, 11) is 0. The maximum Gasteiger partial charge on any atom is 0.138 e. The van der Waals surface area contributed by atoms with Crippen LogP contribution in [0.4, 0.5) is 0 Å². The molecule has 1 atom stereocenters. The Morgan fingerprint density at radius 3 is 2.82 bits per heavy atom. The van der Waals surface area contributed by atoms with Crippen LogP contribution in [0.15, 0.2) is 6.33 Å². The number of aromatic nitrogens is 3. The Hall–Kier alpha value is -0.940. The van der Waals surface area contributed by atoms with Gasteiger partial charge in [-0.1, -0.05) is 0 Å². The molecule has 2 rings (SSSR count). The van der Waals surface area contributed by atoms with Gasteiger partial charge < -0.3 is 9.84 Å². The molecule has 1 aliphatic heterocycles. The van der Waals surface area contributed by atoms with E-state index in [0.717, 1.165) is 31.9 Å². The zero-order valence-corrected chi connectivity index (χ0v) is 10.5. The summed E-state index contributed by atoms with van der Waals surface area (Å²) in [6, 6.07) is 0.286. The highest BCUT2D eigenvalue weighted by atomic mass is 16.5. The van der Waals surface area contributed by atoms with Crippen molar-refractivity contribution < 1.29 is 9.84 Å². The molecule has 1 aromatic heterocycles. The van der Waals surface area contributed by atoms with Crippen molar-refractivity contribution in [2.75, 3.05) is 13.2 Å². The van der Waals surface area contributed by atoms with E-state index in [9.17, 15) is 5.11 Å². The van der Waals surface area contributed by atoms with E-state index < -0.39 is 0 Å². The zero-order chi connectivity index (χ0) is 12.3. The van der Waals surface area contributed by atoms with Crippen LogP contribution in [0.25, 0.3) is 0 Å². The Morgan fingerprint density at radius 2 is 2.18 bits per heavy atom. The minimum absolute atomic E-state index is 0.286. The van der Waals surface area contributed by atoms with Gasteiger partial charge in [0.15, 0.2) is 0 Å². The van der Waals surface area contributed by atoms with Gasteiger partial charge >= 0.3 is 0 Å². The summed E-state index contributed by atoms with van der Waals surface area (Å²) in [6.45, 7) is 5.66. The maximum atomic E-state index is 10.2. The molecule has 1 N–H and O–H groups in total. The Kier molecular flexibility index (Phi) is 4.12. The van der Waals surface area contributed by atoms with Crippen LogP contribution in [0.5, 0.6) is 0 Å². The van der Waals surface area contributed by atoms with Crippen molar-refractivity contribution in [3.8, 4) is 0 Å². The molecule has 96 valence electrons. The van der Waals surface area contributed by atoms with E-state index in [1.165, 1.54) is 0 Å². The second-order valence-electron chi connectivity index (χ2n) is 4.94. The van der Waals surface area contributed by atoms with E-state index in [2.05, 4.69) is 23.9 Å². The fourth-order valence-corrected chi connectivity index (χ4v) is 2.31. The molecule has 1 fully saturated rings. The normalized spacial score (nSPS) is 19.8. The van der Waals surface area contributed by atoms with Crippen LogP contribution in [-0.4, -0.2) is 39.2 Å². The molecule has 0 bridgehead atoms. The standard InChI is InChI=1S/C12H21N3O2/c1-9(2)15-12(13-8-14-15)7-11(16)10-3-5-17-6-4-10/h8-11,16H,3-7H2,1-2H3. The highest BCUT2D eigenvalue weighted by Crippen LogP contribution is 2.21. The van der Waals surface area contributed by atoms with E-state index in [1.54, 1.807) is 6.33 Å². The molecule has 0 amide bonds. The molecule has 0 aromatic carbocycles. The lowest BCUT2D eigenvalue weighted by Crippen LogP contribution is -2.30. The average Bonchev–Trinajstić information content (AvgIpc) is 2.78. The average molecular weight is 239 g/mol. The minimum Gasteiger partial charge on any atom is -0.392 e. The predicted molar refractivity (Wildman–Crippen MR) is 63.7 cm³/mol. The molecule has 5 nitrogen and oxygen atoms in total. The lowest BCUT2D eigenvalue weighted by Gasteiger charge is -2.26. The molecule has 1 unspecified atom stereocenters. The number of hydrogen-bond donors (Lipinski definition) is 1. The first kappa shape index (κ1) is 12.5. The van der Waals surface area contributed by atoms with Crippen molar-refractivity contribution in [1.29, 1.82) is 0 Å². The summed E-state index contributed by atoms with van der Waals surface area (Å²) in [5.74, 6) is 1.21. The SMILES string of the molecule is CC(C)n1ncnc1CC(O)C1CCOCC1. The van der Waals surface area contributed by atoms with E-state index in [4.69, 9.17) is 4.74 Å². The third-order valence-corrected chi connectivity index (χ3v) is 3.34. The Morgan fingerprint density at radius 1 is 1.47 bits per heavy atom. The maximum absolute atomic E-state index is 10.2. The summed E-state index contributed by atoms with van der Waals surface area (Å²) in [5, 5.41) is 14.4. The summed E-state index contributed by atoms with van der Waals surface area (Å²) < 4.78 is 7.18. The molecule has 2 heterocycles. The van der Waals surface area contributed by atoms with E-state index >= 15 is 0 Å². The quantitative estimate of drug-likeness (QED) is 0.857. The van der Waals surface area contributed by atoms with Crippen molar-refractivity contribution in [2.45, 2.75) is 45.3 Å². The first-order valence-electron chi connectivity index (χ1n) is 6.32. The Balaban J connectivity index is 1.97. The van der Waals surface area contributed by atoms with Crippen LogP contribution >= 0.6 is 0 Å². The molecular weight excluding hydrogens is 218 g/mol. The molecule has 0 aliphatic carbocycles. The summed E-state index contributed by atoms with van der Waals surface area (Å²) in [6.07, 6.45) is 3.70. The van der Waals surface area contributed by atoms with Crippen molar-refractivity contribution in [2.24, 2.45) is 5.92 Å². The second-order valence-corrected chi connectivity index (χ2v) is 4.94. The van der Waals surface area contributed by atoms with Gasteiger partial charge in [-0.15, -0.1) is 0 Å². The van der Waals surface area contributed by atoms with Gasteiger partial charge in [-0.3, -0.25) is 0 Å². The van der Waals surface area contributed by atoms with Crippen LogP contribution in [0, 0.1) is 5.92 Å². The third-order valence-electron chi connectivity index (χ3n) is 3.34. The first-order chi connectivity index (χ1) is 8.18. The van der Waals surface area contributed by atoms with Crippen LogP contribution in [0.2, 0.25) is 0 Å². The second kappa shape index (κ2) is 5.60. The fraction of sp³-hybridized carbons (Fsp3) is 0.833. The molecule has 17 heavy (non-hydrogen) atoms. The van der Waals surface area contributed by atoms with Gasteiger partial charge in [-0.25, -0.2) is 9.67 Å². The highest BCUT2D eigenvalue weighted by molar-refractivity contribution is 4.91. The molecule has 0 radical (unpaired) electrons.